The van der Waals surface area contributed by atoms with Gasteiger partial charge >= 0.3 is 0 Å². The second-order valence-electron chi connectivity index (χ2n) is 8.32. The maximum absolute atomic E-state index is 5.54. The molecule has 0 aromatic carbocycles. The fourth-order valence-corrected chi connectivity index (χ4v) is 4.56. The molecule has 1 saturated heterocycles. The molecule has 1 N–H and O–H groups in total. The zero-order valence-electron chi connectivity index (χ0n) is 17.8. The Morgan fingerprint density at radius 3 is 2.57 bits per heavy atom. The number of halogens is 1. The van der Waals surface area contributed by atoms with Crippen LogP contribution in [0.2, 0.25) is 0 Å². The third kappa shape index (κ3) is 6.35. The summed E-state index contributed by atoms with van der Waals surface area (Å²) in [6.45, 7) is 6.96. The third-order valence-electron chi connectivity index (χ3n) is 6.22. The first kappa shape index (κ1) is 23.5. The smallest absolute Gasteiger partial charge is 0.193 e. The summed E-state index contributed by atoms with van der Waals surface area (Å²) in [4.78, 5) is 9.38. The van der Waals surface area contributed by atoms with Crippen molar-refractivity contribution < 1.29 is 4.74 Å². The lowest BCUT2D eigenvalue weighted by Gasteiger charge is -2.43. The number of aromatic nitrogens is 1. The van der Waals surface area contributed by atoms with Crippen LogP contribution in [0.25, 0.3) is 0 Å². The molecule has 28 heavy (non-hydrogen) atoms. The molecule has 1 aliphatic heterocycles. The highest BCUT2D eigenvalue weighted by Gasteiger charge is 2.34. The summed E-state index contributed by atoms with van der Waals surface area (Å²) in [5, 5.41) is 3.71. The molecular formula is C21H38IN5O. The first-order valence-electron chi connectivity index (χ1n) is 10.4. The predicted octanol–water partition coefficient (Wildman–Crippen LogP) is 2.93. The van der Waals surface area contributed by atoms with Crippen LogP contribution in [-0.2, 0) is 18.3 Å². The summed E-state index contributed by atoms with van der Waals surface area (Å²) in [5.74, 6) is 0.989. The normalized spacial score (nSPS) is 20.5. The highest BCUT2D eigenvalue weighted by molar-refractivity contribution is 14.0. The van der Waals surface area contributed by atoms with Crippen LogP contribution >= 0.6 is 24.0 Å². The molecule has 0 bridgehead atoms. The van der Waals surface area contributed by atoms with Crippen LogP contribution in [0.4, 0.5) is 0 Å². The van der Waals surface area contributed by atoms with Crippen LogP contribution in [-0.4, -0.2) is 73.8 Å². The summed E-state index contributed by atoms with van der Waals surface area (Å²) in [6.07, 6.45) is 8.81. The van der Waals surface area contributed by atoms with Crippen LogP contribution < -0.4 is 5.32 Å². The lowest BCUT2D eigenvalue weighted by molar-refractivity contribution is 0.00809. The number of nitrogens with one attached hydrogen (secondary N) is 1. The maximum Gasteiger partial charge on any atom is 0.193 e. The second-order valence-corrected chi connectivity index (χ2v) is 8.32. The number of aryl methyl sites for hydroxylation is 1. The highest BCUT2D eigenvalue weighted by Crippen LogP contribution is 2.36. The highest BCUT2D eigenvalue weighted by atomic mass is 127. The maximum atomic E-state index is 5.54. The molecule has 0 spiro atoms. The predicted molar refractivity (Wildman–Crippen MR) is 126 cm³/mol. The Balaban J connectivity index is 0.00000280. The Bertz CT molecular complexity index is 606. The van der Waals surface area contributed by atoms with Crippen molar-refractivity contribution in [3.8, 4) is 0 Å². The van der Waals surface area contributed by atoms with Crippen LogP contribution in [0.1, 0.15) is 37.8 Å². The molecular weight excluding hydrogens is 465 g/mol. The number of guanidine groups is 1. The molecule has 1 aromatic rings. The number of hydrogen-bond donors (Lipinski definition) is 1. The van der Waals surface area contributed by atoms with Crippen molar-refractivity contribution >= 4 is 29.9 Å². The summed E-state index contributed by atoms with van der Waals surface area (Å²) < 4.78 is 7.71. The van der Waals surface area contributed by atoms with E-state index in [0.29, 0.717) is 5.41 Å². The Morgan fingerprint density at radius 1 is 1.25 bits per heavy atom. The van der Waals surface area contributed by atoms with Crippen molar-refractivity contribution in [1.82, 2.24) is 19.7 Å². The minimum atomic E-state index is 0. The Labute approximate surface area is 187 Å². The number of rotatable bonds is 6. The Morgan fingerprint density at radius 2 is 1.96 bits per heavy atom. The van der Waals surface area contributed by atoms with Crippen molar-refractivity contribution in [2.45, 2.75) is 38.6 Å². The van der Waals surface area contributed by atoms with Gasteiger partial charge in [0.25, 0.3) is 0 Å². The second kappa shape index (κ2) is 11.4. The van der Waals surface area contributed by atoms with Gasteiger partial charge in [0.2, 0.25) is 0 Å². The standard InChI is InChI=1S/C21H37N5O.HI/c1-22-20(25(3)16-19-8-7-11-24(19)2)23-17-21(9-5-4-6-10-21)18-26-12-14-27-15-13-26;/h7-8,11H,4-6,9-10,12-18H2,1-3H3,(H,22,23);1H. The molecule has 0 radical (unpaired) electrons. The van der Waals surface area contributed by atoms with Gasteiger partial charge in [-0.3, -0.25) is 9.89 Å². The average molecular weight is 503 g/mol. The number of ether oxygens (including phenoxy) is 1. The van der Waals surface area contributed by atoms with Crippen LogP contribution in [0.5, 0.6) is 0 Å². The van der Waals surface area contributed by atoms with Crippen LogP contribution in [0.15, 0.2) is 23.3 Å². The fourth-order valence-electron chi connectivity index (χ4n) is 4.56. The molecule has 0 amide bonds. The SMILES string of the molecule is CN=C(NCC1(CN2CCOCC2)CCCCC1)N(C)Cc1cccn1C.I. The molecule has 160 valence electrons. The van der Waals surface area contributed by atoms with Crippen LogP contribution in [0, 0.1) is 5.41 Å². The van der Waals surface area contributed by atoms with Gasteiger partial charge in [-0.25, -0.2) is 0 Å². The molecule has 2 aliphatic rings. The number of nitrogens with zero attached hydrogens (tertiary/aromatic N) is 4. The van der Waals surface area contributed by atoms with Gasteiger partial charge in [-0.05, 0) is 25.0 Å². The van der Waals surface area contributed by atoms with E-state index in [1.165, 1.54) is 44.3 Å². The van der Waals surface area contributed by atoms with E-state index in [9.17, 15) is 0 Å². The van der Waals surface area contributed by atoms with Crippen molar-refractivity contribution in [3.05, 3.63) is 24.0 Å². The van der Waals surface area contributed by atoms with Crippen LogP contribution in [0.3, 0.4) is 0 Å². The summed E-state index contributed by atoms with van der Waals surface area (Å²) in [7, 11) is 6.11. The molecule has 7 heteroatoms. The van der Waals surface area contributed by atoms with Gasteiger partial charge in [0.1, 0.15) is 0 Å². The van der Waals surface area contributed by atoms with E-state index in [1.807, 2.05) is 7.05 Å². The van der Waals surface area contributed by atoms with Gasteiger partial charge in [0, 0.05) is 64.6 Å². The minimum absolute atomic E-state index is 0. The van der Waals surface area contributed by atoms with Gasteiger partial charge in [0.15, 0.2) is 5.96 Å². The van der Waals surface area contributed by atoms with Gasteiger partial charge < -0.3 is 19.5 Å². The third-order valence-corrected chi connectivity index (χ3v) is 6.22. The number of morpholine rings is 1. The molecule has 0 unspecified atom stereocenters. The van der Waals surface area contributed by atoms with E-state index in [-0.39, 0.29) is 24.0 Å². The van der Waals surface area contributed by atoms with E-state index < -0.39 is 0 Å². The molecule has 1 saturated carbocycles. The van der Waals surface area contributed by atoms with E-state index in [0.717, 1.165) is 45.4 Å². The molecule has 2 heterocycles. The lowest BCUT2D eigenvalue weighted by Crippen LogP contribution is -2.51. The number of aliphatic imine (C=N–C) groups is 1. The lowest BCUT2D eigenvalue weighted by atomic mass is 9.73. The molecule has 1 aromatic heterocycles. The van der Waals surface area contributed by atoms with Gasteiger partial charge in [-0.2, -0.15) is 0 Å². The summed E-state index contributed by atoms with van der Waals surface area (Å²) in [6, 6.07) is 4.27. The van der Waals surface area contributed by atoms with E-state index in [2.05, 4.69) is 57.1 Å². The fraction of sp³-hybridized carbons (Fsp3) is 0.762. The number of hydrogen-bond acceptors (Lipinski definition) is 3. The van der Waals surface area contributed by atoms with Crippen molar-refractivity contribution in [2.24, 2.45) is 17.5 Å². The molecule has 2 fully saturated rings. The van der Waals surface area contributed by atoms with Gasteiger partial charge in [0.05, 0.1) is 19.8 Å². The van der Waals surface area contributed by atoms with Crippen molar-refractivity contribution in [2.75, 3.05) is 53.5 Å². The Hall–Kier alpha value is -0.800. The monoisotopic (exact) mass is 503 g/mol. The van der Waals surface area contributed by atoms with Crippen molar-refractivity contribution in [3.63, 3.8) is 0 Å². The topological polar surface area (TPSA) is 45.0 Å². The van der Waals surface area contributed by atoms with Crippen molar-refractivity contribution in [1.29, 1.82) is 0 Å². The molecule has 6 nitrogen and oxygen atoms in total. The summed E-state index contributed by atoms with van der Waals surface area (Å²) in [5.41, 5.74) is 1.65. The molecule has 3 rings (SSSR count). The average Bonchev–Trinajstić information content (AvgIpc) is 3.08. The van der Waals surface area contributed by atoms with E-state index in [1.54, 1.807) is 0 Å². The molecule has 0 atom stereocenters. The minimum Gasteiger partial charge on any atom is -0.379 e. The first-order chi connectivity index (χ1) is 13.1. The zero-order chi connectivity index (χ0) is 19.1. The first-order valence-corrected chi connectivity index (χ1v) is 10.4. The quantitative estimate of drug-likeness (QED) is 0.369. The zero-order valence-corrected chi connectivity index (χ0v) is 20.2. The largest absolute Gasteiger partial charge is 0.379 e. The molecule has 1 aliphatic carbocycles. The van der Waals surface area contributed by atoms with Gasteiger partial charge in [-0.15, -0.1) is 24.0 Å². The van der Waals surface area contributed by atoms with E-state index in [4.69, 9.17) is 4.74 Å². The van der Waals surface area contributed by atoms with E-state index >= 15 is 0 Å². The summed E-state index contributed by atoms with van der Waals surface area (Å²) >= 11 is 0. The Kier molecular flexibility index (Phi) is 9.56. The van der Waals surface area contributed by atoms with Gasteiger partial charge in [-0.1, -0.05) is 19.3 Å².